The molecule has 0 spiro atoms. The van der Waals surface area contributed by atoms with Crippen LogP contribution in [0.2, 0.25) is 0 Å². The highest BCUT2D eigenvalue weighted by Crippen LogP contribution is 2.25. The molecule has 0 aromatic carbocycles. The number of morpholine rings is 1. The molecule has 33 heavy (non-hydrogen) atoms. The van der Waals surface area contributed by atoms with Crippen molar-refractivity contribution in [1.82, 2.24) is 29.7 Å². The number of carbonyl (C=O) groups is 3. The minimum atomic E-state index is -1.09. The van der Waals surface area contributed by atoms with Crippen LogP contribution in [0.5, 0.6) is 0 Å². The molecule has 0 aliphatic carbocycles. The number of H-pyrrole nitrogens is 1. The van der Waals surface area contributed by atoms with Crippen LogP contribution >= 0.6 is 0 Å². The van der Waals surface area contributed by atoms with Crippen molar-refractivity contribution in [2.45, 2.75) is 46.3 Å². The van der Waals surface area contributed by atoms with Gasteiger partial charge in [0, 0.05) is 32.3 Å². The number of carbonyl (C=O) groups excluding carboxylic acids is 2. The molecule has 2 aromatic rings. The number of imidazole rings is 2. The standard InChI is InChI=1S/C21H31N7O5/c1-13(2)8-16(21(31)32)26-17(30)11-28-12-23-18(20(28)24-14(3)29)19-22-9-15(25-19)10-27-4-6-33-7-5-27/h9,12-13,16H,4-8,10-11H2,1-3H3,(H,22,25)(H,24,29)(H,26,30)(H,31,32)/t16-/m0/s1. The molecular formula is C21H31N7O5. The number of ether oxygens (including phenoxy) is 1. The lowest BCUT2D eigenvalue weighted by atomic mass is 10.0. The number of hydrogen-bond donors (Lipinski definition) is 4. The first-order valence-electron chi connectivity index (χ1n) is 10.9. The van der Waals surface area contributed by atoms with Gasteiger partial charge in [-0.25, -0.2) is 14.8 Å². The van der Waals surface area contributed by atoms with Gasteiger partial charge in [0.05, 0.1) is 25.7 Å². The Kier molecular flexibility index (Phi) is 8.17. The molecule has 1 atom stereocenters. The van der Waals surface area contributed by atoms with E-state index >= 15 is 0 Å². The molecule has 1 saturated heterocycles. The molecule has 1 aliphatic heterocycles. The molecule has 1 fully saturated rings. The van der Waals surface area contributed by atoms with Crippen LogP contribution in [0.4, 0.5) is 5.82 Å². The van der Waals surface area contributed by atoms with Gasteiger partial charge in [-0.1, -0.05) is 13.8 Å². The van der Waals surface area contributed by atoms with Gasteiger partial charge in [-0.15, -0.1) is 0 Å². The summed E-state index contributed by atoms with van der Waals surface area (Å²) in [5.41, 5.74) is 1.29. The predicted octanol–water partition coefficient (Wildman–Crippen LogP) is 0.679. The van der Waals surface area contributed by atoms with Crippen molar-refractivity contribution in [3.63, 3.8) is 0 Å². The minimum Gasteiger partial charge on any atom is -0.480 e. The smallest absolute Gasteiger partial charge is 0.326 e. The molecule has 12 nitrogen and oxygen atoms in total. The van der Waals surface area contributed by atoms with E-state index in [4.69, 9.17) is 4.74 Å². The Balaban J connectivity index is 1.75. The van der Waals surface area contributed by atoms with Crippen molar-refractivity contribution < 1.29 is 24.2 Å². The Labute approximate surface area is 191 Å². The highest BCUT2D eigenvalue weighted by molar-refractivity contribution is 5.92. The zero-order valence-electron chi connectivity index (χ0n) is 19.1. The molecule has 0 unspecified atom stereocenters. The summed E-state index contributed by atoms with van der Waals surface area (Å²) in [5.74, 6) is -1.04. The van der Waals surface area contributed by atoms with Gasteiger partial charge < -0.3 is 30.0 Å². The Morgan fingerprint density at radius 2 is 1.97 bits per heavy atom. The van der Waals surface area contributed by atoms with Crippen LogP contribution in [0.15, 0.2) is 12.5 Å². The molecule has 180 valence electrons. The molecule has 1 aliphatic rings. The Hall–Kier alpha value is -3.25. The second-order valence-electron chi connectivity index (χ2n) is 8.48. The third kappa shape index (κ3) is 6.86. The first-order valence-corrected chi connectivity index (χ1v) is 10.9. The van der Waals surface area contributed by atoms with Gasteiger partial charge >= 0.3 is 5.97 Å². The van der Waals surface area contributed by atoms with Gasteiger partial charge in [0.1, 0.15) is 24.1 Å². The third-order valence-electron chi connectivity index (χ3n) is 5.14. The Bertz CT molecular complexity index is 978. The maximum Gasteiger partial charge on any atom is 0.326 e. The highest BCUT2D eigenvalue weighted by atomic mass is 16.5. The second kappa shape index (κ2) is 11.1. The van der Waals surface area contributed by atoms with E-state index in [-0.39, 0.29) is 18.4 Å². The molecular weight excluding hydrogens is 430 g/mol. The number of rotatable bonds is 10. The monoisotopic (exact) mass is 461 g/mol. The summed E-state index contributed by atoms with van der Waals surface area (Å²) in [4.78, 5) is 50.0. The summed E-state index contributed by atoms with van der Waals surface area (Å²) in [5, 5.41) is 14.6. The molecule has 0 radical (unpaired) electrons. The second-order valence-corrected chi connectivity index (χ2v) is 8.48. The molecule has 2 aromatic heterocycles. The van der Waals surface area contributed by atoms with Gasteiger partial charge in [0.15, 0.2) is 5.82 Å². The van der Waals surface area contributed by atoms with Crippen molar-refractivity contribution in [1.29, 1.82) is 0 Å². The first kappa shape index (κ1) is 24.4. The summed E-state index contributed by atoms with van der Waals surface area (Å²) in [6.07, 6.45) is 3.45. The zero-order chi connectivity index (χ0) is 24.0. The van der Waals surface area contributed by atoms with E-state index in [0.29, 0.717) is 43.5 Å². The lowest BCUT2D eigenvalue weighted by molar-refractivity contribution is -0.142. The molecule has 12 heteroatoms. The number of anilines is 1. The van der Waals surface area contributed by atoms with Crippen LogP contribution in [0, 0.1) is 5.92 Å². The fraction of sp³-hybridized carbons (Fsp3) is 0.571. The van der Waals surface area contributed by atoms with Gasteiger partial charge in [-0.3, -0.25) is 14.5 Å². The molecule has 2 amide bonds. The van der Waals surface area contributed by atoms with Crippen molar-refractivity contribution in [2.24, 2.45) is 5.92 Å². The van der Waals surface area contributed by atoms with Gasteiger partial charge in [-0.05, 0) is 12.3 Å². The van der Waals surface area contributed by atoms with E-state index in [2.05, 4.69) is 30.5 Å². The first-order chi connectivity index (χ1) is 15.7. The largest absolute Gasteiger partial charge is 0.480 e. The van der Waals surface area contributed by atoms with Crippen LogP contribution in [0.1, 0.15) is 32.9 Å². The summed E-state index contributed by atoms with van der Waals surface area (Å²) in [6, 6.07) is -0.988. The fourth-order valence-corrected chi connectivity index (χ4v) is 3.62. The maximum absolute atomic E-state index is 12.5. The van der Waals surface area contributed by atoms with E-state index in [1.165, 1.54) is 17.8 Å². The summed E-state index contributed by atoms with van der Waals surface area (Å²) < 4.78 is 6.83. The van der Waals surface area contributed by atoms with Crippen molar-refractivity contribution in [3.8, 4) is 11.5 Å². The van der Waals surface area contributed by atoms with Crippen molar-refractivity contribution in [2.75, 3.05) is 31.6 Å². The minimum absolute atomic E-state index is 0.104. The van der Waals surface area contributed by atoms with Crippen molar-refractivity contribution in [3.05, 3.63) is 18.2 Å². The van der Waals surface area contributed by atoms with Gasteiger partial charge in [0.2, 0.25) is 11.8 Å². The third-order valence-corrected chi connectivity index (χ3v) is 5.14. The number of nitrogens with zero attached hydrogens (tertiary/aromatic N) is 4. The molecule has 4 N–H and O–H groups in total. The number of hydrogen-bond acceptors (Lipinski definition) is 7. The topological polar surface area (TPSA) is 154 Å². The number of carboxylic acid groups (broad SMARTS) is 1. The number of nitrogens with one attached hydrogen (secondary N) is 3. The zero-order valence-corrected chi connectivity index (χ0v) is 19.1. The number of aromatic nitrogens is 4. The van der Waals surface area contributed by atoms with Crippen LogP contribution in [0.25, 0.3) is 11.5 Å². The summed E-state index contributed by atoms with van der Waals surface area (Å²) in [6.45, 7) is 8.67. The Morgan fingerprint density at radius 1 is 1.24 bits per heavy atom. The molecule has 3 rings (SSSR count). The van der Waals surface area contributed by atoms with Crippen LogP contribution < -0.4 is 10.6 Å². The molecule has 0 saturated carbocycles. The predicted molar refractivity (Wildman–Crippen MR) is 119 cm³/mol. The summed E-state index contributed by atoms with van der Waals surface area (Å²) >= 11 is 0. The van der Waals surface area contributed by atoms with E-state index in [1.807, 2.05) is 13.8 Å². The van der Waals surface area contributed by atoms with E-state index < -0.39 is 17.9 Å². The summed E-state index contributed by atoms with van der Waals surface area (Å²) in [7, 11) is 0. The van der Waals surface area contributed by atoms with E-state index in [0.717, 1.165) is 18.8 Å². The maximum atomic E-state index is 12.5. The lowest BCUT2D eigenvalue weighted by Crippen LogP contribution is -2.43. The highest BCUT2D eigenvalue weighted by Gasteiger charge is 2.23. The SMILES string of the molecule is CC(=O)Nc1c(-c2ncc(CN3CCOCC3)[nH]2)ncn1CC(=O)N[C@@H](CC(C)C)C(=O)O. The number of aliphatic carboxylic acids is 1. The van der Waals surface area contributed by atoms with E-state index in [9.17, 15) is 19.5 Å². The lowest BCUT2D eigenvalue weighted by Gasteiger charge is -2.25. The fourth-order valence-electron chi connectivity index (χ4n) is 3.62. The van der Waals surface area contributed by atoms with E-state index in [1.54, 1.807) is 6.20 Å². The quantitative estimate of drug-likeness (QED) is 0.403. The average Bonchev–Trinajstić information content (AvgIpc) is 3.34. The van der Waals surface area contributed by atoms with Crippen LogP contribution in [-0.4, -0.2) is 79.7 Å². The van der Waals surface area contributed by atoms with Crippen LogP contribution in [0.3, 0.4) is 0 Å². The number of aromatic amines is 1. The van der Waals surface area contributed by atoms with Gasteiger partial charge in [-0.2, -0.15) is 0 Å². The normalized spacial score (nSPS) is 15.4. The number of carboxylic acids is 1. The Morgan fingerprint density at radius 3 is 2.61 bits per heavy atom. The molecule has 0 bridgehead atoms. The van der Waals surface area contributed by atoms with Gasteiger partial charge in [0.25, 0.3) is 0 Å². The van der Waals surface area contributed by atoms with Crippen molar-refractivity contribution >= 4 is 23.6 Å². The average molecular weight is 462 g/mol. The van der Waals surface area contributed by atoms with Crippen LogP contribution in [-0.2, 0) is 32.2 Å². The molecule has 3 heterocycles. The number of amides is 2.